The Morgan fingerprint density at radius 1 is 1.11 bits per heavy atom. The van der Waals surface area contributed by atoms with Gasteiger partial charge in [-0.25, -0.2) is 9.68 Å². The molecule has 0 aromatic heterocycles. The summed E-state index contributed by atoms with van der Waals surface area (Å²) in [6.45, 7) is 4.59. The molecule has 0 aliphatic carbocycles. The van der Waals surface area contributed by atoms with E-state index >= 15 is 0 Å². The summed E-state index contributed by atoms with van der Waals surface area (Å²) in [7, 11) is 0. The predicted octanol–water partition coefficient (Wildman–Crippen LogP) is 1.46. The molecule has 1 aromatic carbocycles. The van der Waals surface area contributed by atoms with Crippen molar-refractivity contribution in [3.8, 4) is 0 Å². The van der Waals surface area contributed by atoms with Gasteiger partial charge in [0.15, 0.2) is 0 Å². The highest BCUT2D eigenvalue weighted by atomic mass is 17.0. The first-order chi connectivity index (χ1) is 8.83. The van der Waals surface area contributed by atoms with Crippen molar-refractivity contribution in [3.05, 3.63) is 29.8 Å². The number of hydrogen-bond donors (Lipinski definition) is 0. The molecule has 0 amide bonds. The third-order valence-corrected chi connectivity index (χ3v) is 2.87. The number of rotatable bonds is 7. The van der Waals surface area contributed by atoms with Crippen LogP contribution in [-0.2, 0) is 19.1 Å². The third kappa shape index (κ3) is 3.20. The van der Waals surface area contributed by atoms with Crippen LogP contribution in [0.15, 0.2) is 24.3 Å². The van der Waals surface area contributed by atoms with Gasteiger partial charge in [-0.05, 0) is 18.6 Å². The second kappa shape index (κ2) is 5.24. The number of benzene rings is 1. The fourth-order valence-corrected chi connectivity index (χ4v) is 1.57. The van der Waals surface area contributed by atoms with E-state index in [1.165, 1.54) is 5.23 Å². The summed E-state index contributed by atoms with van der Waals surface area (Å²) >= 11 is 0. The van der Waals surface area contributed by atoms with Crippen LogP contribution in [0.4, 0.5) is 5.69 Å². The van der Waals surface area contributed by atoms with Crippen LogP contribution in [0.3, 0.4) is 0 Å². The Balaban J connectivity index is 1.63. The SMILES string of the molecule is Cc1ccccc1N(OCC1CO1)OCC1CO1. The molecule has 0 saturated carbocycles. The van der Waals surface area contributed by atoms with Crippen LogP contribution in [0.25, 0.3) is 0 Å². The molecular formula is C13H17NO4. The van der Waals surface area contributed by atoms with E-state index in [4.69, 9.17) is 19.1 Å². The monoisotopic (exact) mass is 251 g/mol. The van der Waals surface area contributed by atoms with E-state index in [0.29, 0.717) is 13.2 Å². The highest BCUT2D eigenvalue weighted by molar-refractivity contribution is 5.49. The molecule has 2 aliphatic heterocycles. The molecule has 0 radical (unpaired) electrons. The topological polar surface area (TPSA) is 46.8 Å². The molecule has 2 atom stereocenters. The van der Waals surface area contributed by atoms with Gasteiger partial charge in [0.2, 0.25) is 0 Å². The van der Waals surface area contributed by atoms with Crippen molar-refractivity contribution in [1.29, 1.82) is 0 Å². The number of anilines is 1. The van der Waals surface area contributed by atoms with E-state index in [1.807, 2.05) is 31.2 Å². The summed E-state index contributed by atoms with van der Waals surface area (Å²) in [6.07, 6.45) is 0.412. The van der Waals surface area contributed by atoms with Crippen LogP contribution in [0.5, 0.6) is 0 Å². The number of hydrogen-bond acceptors (Lipinski definition) is 5. The molecule has 2 saturated heterocycles. The highest BCUT2D eigenvalue weighted by Gasteiger charge is 2.27. The van der Waals surface area contributed by atoms with Gasteiger partial charge in [-0.2, -0.15) is 0 Å². The van der Waals surface area contributed by atoms with Crippen LogP contribution in [0, 0.1) is 6.92 Å². The molecule has 0 bridgehead atoms. The smallest absolute Gasteiger partial charge is 0.107 e. The van der Waals surface area contributed by atoms with Crippen molar-refractivity contribution in [2.75, 3.05) is 31.7 Å². The van der Waals surface area contributed by atoms with Gasteiger partial charge in [-0.1, -0.05) is 18.2 Å². The molecule has 18 heavy (non-hydrogen) atoms. The lowest BCUT2D eigenvalue weighted by molar-refractivity contribution is -0.0962. The largest absolute Gasteiger partial charge is 0.371 e. The van der Waals surface area contributed by atoms with Gasteiger partial charge < -0.3 is 9.47 Å². The number of ether oxygens (including phenoxy) is 2. The summed E-state index contributed by atoms with van der Waals surface area (Å²) in [5, 5.41) is 1.48. The highest BCUT2D eigenvalue weighted by Crippen LogP contribution is 2.22. The Bertz CT molecular complexity index is 388. The van der Waals surface area contributed by atoms with Crippen molar-refractivity contribution >= 4 is 5.69 Å². The molecular weight excluding hydrogens is 234 g/mol. The number of aryl methyl sites for hydroxylation is 1. The Kier molecular flexibility index (Phi) is 3.47. The fourth-order valence-electron chi connectivity index (χ4n) is 1.57. The molecule has 98 valence electrons. The van der Waals surface area contributed by atoms with Crippen LogP contribution < -0.4 is 5.23 Å². The standard InChI is InChI=1S/C13H17NO4/c1-10-4-2-3-5-13(10)14(17-8-11-6-15-11)18-9-12-7-16-12/h2-5,11-12H,6-9H2,1H3. The summed E-state index contributed by atoms with van der Waals surface area (Å²) in [5.74, 6) is 0. The minimum absolute atomic E-state index is 0.206. The van der Waals surface area contributed by atoms with Gasteiger partial charge in [0.1, 0.15) is 25.4 Å². The van der Waals surface area contributed by atoms with Gasteiger partial charge in [-0.3, -0.25) is 0 Å². The molecule has 5 nitrogen and oxygen atoms in total. The Hall–Kier alpha value is -1.14. The predicted molar refractivity (Wildman–Crippen MR) is 65.0 cm³/mol. The first kappa shape index (κ1) is 11.9. The Morgan fingerprint density at radius 2 is 1.67 bits per heavy atom. The lowest BCUT2D eigenvalue weighted by Gasteiger charge is -2.23. The molecule has 2 aliphatic rings. The van der Waals surface area contributed by atoms with Crippen molar-refractivity contribution in [1.82, 2.24) is 0 Å². The normalized spacial score (nSPS) is 24.9. The molecule has 2 unspecified atom stereocenters. The zero-order chi connectivity index (χ0) is 12.4. The zero-order valence-electron chi connectivity index (χ0n) is 10.4. The summed E-state index contributed by atoms with van der Waals surface area (Å²) in [5.41, 5.74) is 2.02. The fraction of sp³-hybridized carbons (Fsp3) is 0.538. The Labute approximate surface area is 106 Å². The Morgan fingerprint density at radius 3 is 2.17 bits per heavy atom. The van der Waals surface area contributed by atoms with Crippen LogP contribution >= 0.6 is 0 Å². The van der Waals surface area contributed by atoms with Crippen LogP contribution in [-0.4, -0.2) is 38.6 Å². The lowest BCUT2D eigenvalue weighted by Crippen LogP contribution is -2.28. The van der Waals surface area contributed by atoms with Crippen LogP contribution in [0.2, 0.25) is 0 Å². The molecule has 0 N–H and O–H groups in total. The minimum Gasteiger partial charge on any atom is -0.371 e. The van der Waals surface area contributed by atoms with Gasteiger partial charge in [0, 0.05) is 0 Å². The first-order valence-electron chi connectivity index (χ1n) is 6.18. The average Bonchev–Trinajstić information content (AvgIpc) is 3.26. The summed E-state index contributed by atoms with van der Waals surface area (Å²) < 4.78 is 10.3. The second-order valence-corrected chi connectivity index (χ2v) is 4.55. The molecule has 1 aromatic rings. The van der Waals surface area contributed by atoms with E-state index in [1.54, 1.807) is 0 Å². The van der Waals surface area contributed by atoms with E-state index in [2.05, 4.69) is 0 Å². The first-order valence-corrected chi connectivity index (χ1v) is 6.18. The molecule has 3 rings (SSSR count). The third-order valence-electron chi connectivity index (χ3n) is 2.87. The van der Waals surface area contributed by atoms with E-state index in [-0.39, 0.29) is 12.2 Å². The number of nitrogens with zero attached hydrogens (tertiary/aromatic N) is 1. The maximum atomic E-state index is 5.64. The maximum absolute atomic E-state index is 5.64. The van der Waals surface area contributed by atoms with Crippen molar-refractivity contribution in [3.63, 3.8) is 0 Å². The van der Waals surface area contributed by atoms with Gasteiger partial charge >= 0.3 is 0 Å². The quantitative estimate of drug-likeness (QED) is 0.542. The van der Waals surface area contributed by atoms with E-state index in [9.17, 15) is 0 Å². The number of para-hydroxylation sites is 1. The van der Waals surface area contributed by atoms with Gasteiger partial charge in [0.05, 0.1) is 18.9 Å². The van der Waals surface area contributed by atoms with Crippen molar-refractivity contribution in [2.45, 2.75) is 19.1 Å². The van der Waals surface area contributed by atoms with Crippen molar-refractivity contribution < 1.29 is 19.1 Å². The minimum atomic E-state index is 0.206. The number of epoxide rings is 2. The van der Waals surface area contributed by atoms with Crippen molar-refractivity contribution in [2.24, 2.45) is 0 Å². The van der Waals surface area contributed by atoms with Gasteiger partial charge in [-0.15, -0.1) is 5.23 Å². The molecule has 5 heteroatoms. The zero-order valence-corrected chi connectivity index (χ0v) is 10.4. The molecule has 0 spiro atoms. The van der Waals surface area contributed by atoms with E-state index < -0.39 is 0 Å². The van der Waals surface area contributed by atoms with Gasteiger partial charge in [0.25, 0.3) is 0 Å². The average molecular weight is 251 g/mol. The lowest BCUT2D eigenvalue weighted by atomic mass is 10.2. The maximum Gasteiger partial charge on any atom is 0.107 e. The summed E-state index contributed by atoms with van der Waals surface area (Å²) in [4.78, 5) is 11.3. The molecule has 2 fully saturated rings. The summed E-state index contributed by atoms with van der Waals surface area (Å²) in [6, 6.07) is 7.95. The second-order valence-electron chi connectivity index (χ2n) is 4.55. The van der Waals surface area contributed by atoms with Crippen LogP contribution in [0.1, 0.15) is 5.56 Å². The molecule has 2 heterocycles. The van der Waals surface area contributed by atoms with E-state index in [0.717, 1.165) is 24.5 Å².